The van der Waals surface area contributed by atoms with Gasteiger partial charge in [0, 0.05) is 43.3 Å². The maximum Gasteiger partial charge on any atom is 0.218 e. The molecule has 2 aliphatic rings. The van der Waals surface area contributed by atoms with Crippen molar-refractivity contribution in [2.45, 2.75) is 37.9 Å². The van der Waals surface area contributed by atoms with Crippen molar-refractivity contribution in [2.75, 3.05) is 25.1 Å². The zero-order valence-corrected chi connectivity index (χ0v) is 14.4. The Morgan fingerprint density at radius 1 is 1.20 bits per heavy atom. The third-order valence-electron chi connectivity index (χ3n) is 5.03. The molecule has 0 amide bonds. The zero-order chi connectivity index (χ0) is 17.2. The average Bonchev–Trinajstić information content (AvgIpc) is 3.36. The van der Waals surface area contributed by atoms with E-state index in [-0.39, 0.29) is 5.82 Å². The van der Waals surface area contributed by atoms with Gasteiger partial charge in [-0.05, 0) is 25.3 Å². The van der Waals surface area contributed by atoms with E-state index in [4.69, 9.17) is 4.74 Å². The molecule has 1 aromatic carbocycles. The van der Waals surface area contributed by atoms with E-state index in [2.05, 4.69) is 19.8 Å². The van der Waals surface area contributed by atoms with E-state index < -0.39 is 0 Å². The van der Waals surface area contributed by atoms with Gasteiger partial charge in [-0.2, -0.15) is 0 Å². The van der Waals surface area contributed by atoms with Crippen molar-refractivity contribution in [1.82, 2.24) is 14.9 Å². The standard InChI is InChI=1S/C19H23FN4O/c1-25-19-10-18(21-13-22-19)24(15-6-7-15)16-8-9-23(12-16)11-14-4-2-3-5-17(14)20/h2-5,10,13,15-16H,6-9,11-12H2,1H3. The Morgan fingerprint density at radius 3 is 2.80 bits per heavy atom. The molecule has 2 fully saturated rings. The van der Waals surface area contributed by atoms with Crippen molar-refractivity contribution in [1.29, 1.82) is 0 Å². The fourth-order valence-corrected chi connectivity index (χ4v) is 3.66. The number of rotatable bonds is 6. The fraction of sp³-hybridized carbons (Fsp3) is 0.474. The predicted octanol–water partition coefficient (Wildman–Crippen LogP) is 2.87. The van der Waals surface area contributed by atoms with Gasteiger partial charge >= 0.3 is 0 Å². The molecule has 1 aromatic heterocycles. The lowest BCUT2D eigenvalue weighted by atomic mass is 10.2. The zero-order valence-electron chi connectivity index (χ0n) is 14.4. The number of hydrogen-bond donors (Lipinski definition) is 0. The van der Waals surface area contributed by atoms with Gasteiger partial charge in [0.05, 0.1) is 7.11 Å². The Hall–Kier alpha value is -2.21. The molecule has 4 rings (SSSR count). The maximum atomic E-state index is 13.9. The molecule has 1 aliphatic carbocycles. The second-order valence-corrected chi connectivity index (χ2v) is 6.83. The highest BCUT2D eigenvalue weighted by Gasteiger charge is 2.38. The van der Waals surface area contributed by atoms with E-state index in [9.17, 15) is 4.39 Å². The molecule has 25 heavy (non-hydrogen) atoms. The Bertz CT molecular complexity index is 737. The van der Waals surface area contributed by atoms with Crippen LogP contribution in [0.3, 0.4) is 0 Å². The molecular weight excluding hydrogens is 319 g/mol. The number of aromatic nitrogens is 2. The fourth-order valence-electron chi connectivity index (χ4n) is 3.66. The highest BCUT2D eigenvalue weighted by atomic mass is 19.1. The Kier molecular flexibility index (Phi) is 4.53. The minimum absolute atomic E-state index is 0.120. The summed E-state index contributed by atoms with van der Waals surface area (Å²) >= 11 is 0. The highest BCUT2D eigenvalue weighted by molar-refractivity contribution is 5.45. The van der Waals surface area contributed by atoms with Crippen LogP contribution in [-0.4, -0.2) is 47.2 Å². The normalized spacial score (nSPS) is 20.6. The van der Waals surface area contributed by atoms with Crippen LogP contribution in [-0.2, 0) is 6.54 Å². The SMILES string of the molecule is COc1cc(N(C2CC2)C2CCN(Cc3ccccc3F)C2)ncn1. The van der Waals surface area contributed by atoms with Gasteiger partial charge in [-0.15, -0.1) is 0 Å². The molecular formula is C19H23FN4O. The Labute approximate surface area is 147 Å². The summed E-state index contributed by atoms with van der Waals surface area (Å²) in [5.74, 6) is 1.41. The quantitative estimate of drug-likeness (QED) is 0.807. The molecule has 2 aromatic rings. The van der Waals surface area contributed by atoms with Crippen LogP contribution in [0.1, 0.15) is 24.8 Å². The van der Waals surface area contributed by atoms with Crippen LogP contribution < -0.4 is 9.64 Å². The number of methoxy groups -OCH3 is 1. The molecule has 1 saturated heterocycles. The summed E-state index contributed by atoms with van der Waals surface area (Å²) in [6.45, 7) is 2.57. The summed E-state index contributed by atoms with van der Waals surface area (Å²) in [4.78, 5) is 13.3. The van der Waals surface area contributed by atoms with Crippen LogP contribution in [0.2, 0.25) is 0 Å². The van der Waals surface area contributed by atoms with Crippen LogP contribution in [0.15, 0.2) is 36.7 Å². The topological polar surface area (TPSA) is 41.5 Å². The van der Waals surface area contributed by atoms with Gasteiger partial charge in [0.25, 0.3) is 0 Å². The largest absolute Gasteiger partial charge is 0.481 e. The van der Waals surface area contributed by atoms with Gasteiger partial charge in [0.2, 0.25) is 5.88 Å². The molecule has 2 heterocycles. The van der Waals surface area contributed by atoms with Crippen LogP contribution in [0, 0.1) is 5.82 Å². The third kappa shape index (κ3) is 3.58. The summed E-state index contributed by atoms with van der Waals surface area (Å²) in [5, 5.41) is 0. The van der Waals surface area contributed by atoms with Crippen LogP contribution >= 0.6 is 0 Å². The smallest absolute Gasteiger partial charge is 0.218 e. The first-order valence-electron chi connectivity index (χ1n) is 8.84. The molecule has 1 atom stereocenters. The van der Waals surface area contributed by atoms with Gasteiger partial charge in [-0.3, -0.25) is 4.90 Å². The summed E-state index contributed by atoms with van der Waals surface area (Å²) in [5.41, 5.74) is 0.768. The number of hydrogen-bond acceptors (Lipinski definition) is 5. The van der Waals surface area contributed by atoms with Crippen molar-refractivity contribution in [3.8, 4) is 5.88 Å². The van der Waals surface area contributed by atoms with Gasteiger partial charge in [-0.1, -0.05) is 18.2 Å². The molecule has 6 heteroatoms. The van der Waals surface area contributed by atoms with Gasteiger partial charge in [0.15, 0.2) is 0 Å². The van der Waals surface area contributed by atoms with Crippen molar-refractivity contribution in [2.24, 2.45) is 0 Å². The number of ether oxygens (including phenoxy) is 1. The van der Waals surface area contributed by atoms with Gasteiger partial charge < -0.3 is 9.64 Å². The molecule has 0 N–H and O–H groups in total. The van der Waals surface area contributed by atoms with E-state index in [1.54, 1.807) is 19.5 Å². The lowest BCUT2D eigenvalue weighted by Crippen LogP contribution is -2.40. The lowest BCUT2D eigenvalue weighted by molar-refractivity contribution is 0.319. The van der Waals surface area contributed by atoms with Gasteiger partial charge in [-0.25, -0.2) is 14.4 Å². The summed E-state index contributed by atoms with van der Waals surface area (Å²) in [7, 11) is 1.62. The minimum Gasteiger partial charge on any atom is -0.481 e. The van der Waals surface area contributed by atoms with E-state index in [0.29, 0.717) is 24.5 Å². The van der Waals surface area contributed by atoms with E-state index >= 15 is 0 Å². The summed E-state index contributed by atoms with van der Waals surface area (Å²) in [6, 6.07) is 9.91. The third-order valence-corrected chi connectivity index (χ3v) is 5.03. The predicted molar refractivity (Wildman–Crippen MR) is 94.2 cm³/mol. The molecule has 5 nitrogen and oxygen atoms in total. The molecule has 1 aliphatic heterocycles. The number of anilines is 1. The van der Waals surface area contributed by atoms with Crippen LogP contribution in [0.25, 0.3) is 0 Å². The number of likely N-dealkylation sites (tertiary alicyclic amines) is 1. The number of nitrogens with zero attached hydrogens (tertiary/aromatic N) is 4. The Morgan fingerprint density at radius 2 is 2.04 bits per heavy atom. The van der Waals surface area contributed by atoms with Crippen molar-refractivity contribution in [3.05, 3.63) is 48.0 Å². The Balaban J connectivity index is 1.48. The first-order valence-corrected chi connectivity index (χ1v) is 8.84. The van der Waals surface area contributed by atoms with E-state index in [1.807, 2.05) is 18.2 Å². The van der Waals surface area contributed by atoms with Crippen molar-refractivity contribution < 1.29 is 9.13 Å². The molecule has 0 radical (unpaired) electrons. The van der Waals surface area contributed by atoms with Crippen molar-refractivity contribution >= 4 is 5.82 Å². The average molecular weight is 342 g/mol. The second kappa shape index (κ2) is 6.96. The van der Waals surface area contributed by atoms with Gasteiger partial charge in [0.1, 0.15) is 18.0 Å². The van der Waals surface area contributed by atoms with Crippen LogP contribution in [0.4, 0.5) is 10.2 Å². The second-order valence-electron chi connectivity index (χ2n) is 6.83. The maximum absolute atomic E-state index is 13.9. The number of benzene rings is 1. The van der Waals surface area contributed by atoms with E-state index in [0.717, 1.165) is 30.9 Å². The molecule has 1 unspecified atom stereocenters. The molecule has 0 spiro atoms. The van der Waals surface area contributed by atoms with Crippen molar-refractivity contribution in [3.63, 3.8) is 0 Å². The minimum atomic E-state index is -0.120. The van der Waals surface area contributed by atoms with Crippen LogP contribution in [0.5, 0.6) is 5.88 Å². The summed E-state index contributed by atoms with van der Waals surface area (Å²) < 4.78 is 19.2. The first-order chi connectivity index (χ1) is 12.2. The molecule has 132 valence electrons. The summed E-state index contributed by atoms with van der Waals surface area (Å²) in [6.07, 6.45) is 5.04. The van der Waals surface area contributed by atoms with E-state index in [1.165, 1.54) is 18.9 Å². The molecule has 0 bridgehead atoms. The number of halogens is 1. The lowest BCUT2D eigenvalue weighted by Gasteiger charge is -2.30. The first kappa shape index (κ1) is 16.3. The molecule has 1 saturated carbocycles. The monoisotopic (exact) mass is 342 g/mol. The highest BCUT2D eigenvalue weighted by Crippen LogP contribution is 2.35.